The topological polar surface area (TPSA) is 37.4 Å². The van der Waals surface area contributed by atoms with E-state index in [4.69, 9.17) is 4.74 Å². The fourth-order valence-corrected chi connectivity index (χ4v) is 2.65. The number of nitrogens with zero attached hydrogens (tertiary/aromatic N) is 2. The van der Waals surface area contributed by atoms with Gasteiger partial charge in [0, 0.05) is 31.2 Å². The molecule has 2 aromatic rings. The molecule has 100 valence electrons. The average Bonchev–Trinajstić information content (AvgIpc) is 2.46. The zero-order chi connectivity index (χ0) is 13.2. The van der Waals surface area contributed by atoms with Crippen molar-refractivity contribution in [2.45, 2.75) is 6.04 Å². The molecule has 1 aliphatic heterocycles. The van der Waals surface area contributed by atoms with Crippen molar-refractivity contribution < 1.29 is 4.74 Å². The molecule has 0 radical (unpaired) electrons. The minimum absolute atomic E-state index is 0.287. The predicted molar refractivity (Wildman–Crippen MR) is 76.5 cm³/mol. The minimum atomic E-state index is 0.287. The Morgan fingerprint density at radius 2 is 2.26 bits per heavy atom. The third-order valence-electron chi connectivity index (χ3n) is 3.71. The molecule has 0 aliphatic carbocycles. The Hall–Kier alpha value is -1.65. The molecule has 0 amide bonds. The molecule has 1 unspecified atom stereocenters. The number of benzene rings is 1. The van der Waals surface area contributed by atoms with Crippen molar-refractivity contribution in [1.82, 2.24) is 15.2 Å². The van der Waals surface area contributed by atoms with Crippen LogP contribution in [0.1, 0.15) is 11.7 Å². The van der Waals surface area contributed by atoms with E-state index in [0.29, 0.717) is 0 Å². The summed E-state index contributed by atoms with van der Waals surface area (Å²) in [6, 6.07) is 8.49. The number of hydrogen-bond acceptors (Lipinski definition) is 4. The first kappa shape index (κ1) is 12.4. The number of likely N-dealkylation sites (N-methyl/N-ethyl adjacent to an activating group) is 1. The van der Waals surface area contributed by atoms with Gasteiger partial charge in [-0.05, 0) is 30.6 Å². The van der Waals surface area contributed by atoms with Crippen LogP contribution in [0, 0.1) is 0 Å². The van der Waals surface area contributed by atoms with E-state index in [0.717, 1.165) is 31.1 Å². The average molecular weight is 257 g/mol. The lowest BCUT2D eigenvalue weighted by atomic mass is 10.0. The van der Waals surface area contributed by atoms with Crippen molar-refractivity contribution in [1.29, 1.82) is 0 Å². The van der Waals surface area contributed by atoms with Gasteiger partial charge in [-0.25, -0.2) is 0 Å². The number of rotatable bonds is 2. The summed E-state index contributed by atoms with van der Waals surface area (Å²) in [5.41, 5.74) is 1.11. The summed E-state index contributed by atoms with van der Waals surface area (Å²) in [7, 11) is 3.85. The van der Waals surface area contributed by atoms with Crippen LogP contribution in [0.3, 0.4) is 0 Å². The highest BCUT2D eigenvalue weighted by molar-refractivity contribution is 5.86. The van der Waals surface area contributed by atoms with Crippen LogP contribution >= 0.6 is 0 Å². The summed E-state index contributed by atoms with van der Waals surface area (Å²) in [6.07, 6.45) is 1.89. The zero-order valence-electron chi connectivity index (χ0n) is 11.4. The molecule has 0 spiro atoms. The Morgan fingerprint density at radius 1 is 1.37 bits per heavy atom. The highest BCUT2D eigenvalue weighted by atomic mass is 16.5. The van der Waals surface area contributed by atoms with E-state index in [1.165, 1.54) is 10.8 Å². The van der Waals surface area contributed by atoms with Crippen molar-refractivity contribution in [3.8, 4) is 5.75 Å². The van der Waals surface area contributed by atoms with E-state index in [9.17, 15) is 0 Å². The van der Waals surface area contributed by atoms with Crippen LogP contribution in [0.4, 0.5) is 0 Å². The molecule has 1 N–H and O–H groups in total. The Bertz CT molecular complexity index is 585. The SMILES string of the molecule is COc1ccc2ccnc(C3CN(C)CCN3)c2c1. The lowest BCUT2D eigenvalue weighted by molar-refractivity contribution is 0.239. The number of methoxy groups -OCH3 is 1. The van der Waals surface area contributed by atoms with Crippen molar-refractivity contribution in [3.63, 3.8) is 0 Å². The molecule has 1 fully saturated rings. The molecule has 4 heteroatoms. The molecule has 1 atom stereocenters. The van der Waals surface area contributed by atoms with Gasteiger partial charge in [0.15, 0.2) is 0 Å². The monoisotopic (exact) mass is 257 g/mol. The van der Waals surface area contributed by atoms with Gasteiger partial charge >= 0.3 is 0 Å². The van der Waals surface area contributed by atoms with Gasteiger partial charge in [0.1, 0.15) is 5.75 Å². The van der Waals surface area contributed by atoms with E-state index in [2.05, 4.69) is 34.4 Å². The van der Waals surface area contributed by atoms with Crippen molar-refractivity contribution in [3.05, 3.63) is 36.2 Å². The second kappa shape index (κ2) is 5.15. The number of fused-ring (bicyclic) bond motifs is 1. The Kier molecular flexibility index (Phi) is 3.36. The van der Waals surface area contributed by atoms with Crippen molar-refractivity contribution >= 4 is 10.8 Å². The quantitative estimate of drug-likeness (QED) is 0.890. The van der Waals surface area contributed by atoms with Gasteiger partial charge in [-0.15, -0.1) is 0 Å². The molecule has 0 bridgehead atoms. The third kappa shape index (κ3) is 2.41. The maximum Gasteiger partial charge on any atom is 0.119 e. The van der Waals surface area contributed by atoms with Crippen LogP contribution in [0.2, 0.25) is 0 Å². The fraction of sp³-hybridized carbons (Fsp3) is 0.400. The first-order chi connectivity index (χ1) is 9.28. The summed E-state index contributed by atoms with van der Waals surface area (Å²) in [4.78, 5) is 6.93. The molecular formula is C15H19N3O. The van der Waals surface area contributed by atoms with Gasteiger partial charge in [-0.1, -0.05) is 6.07 Å². The summed E-state index contributed by atoms with van der Waals surface area (Å²) < 4.78 is 5.33. The summed E-state index contributed by atoms with van der Waals surface area (Å²) >= 11 is 0. The lowest BCUT2D eigenvalue weighted by Gasteiger charge is -2.31. The molecule has 4 nitrogen and oxygen atoms in total. The molecular weight excluding hydrogens is 238 g/mol. The maximum absolute atomic E-state index is 5.33. The summed E-state index contributed by atoms with van der Waals surface area (Å²) in [5.74, 6) is 0.880. The predicted octanol–water partition coefficient (Wildman–Crippen LogP) is 1.82. The number of aromatic nitrogens is 1. The highest BCUT2D eigenvalue weighted by Gasteiger charge is 2.21. The van der Waals surface area contributed by atoms with E-state index in [1.54, 1.807) is 7.11 Å². The fourth-order valence-electron chi connectivity index (χ4n) is 2.65. The number of nitrogens with one attached hydrogen (secondary N) is 1. The first-order valence-electron chi connectivity index (χ1n) is 6.62. The van der Waals surface area contributed by atoms with Gasteiger partial charge in [0.05, 0.1) is 18.8 Å². The first-order valence-corrected chi connectivity index (χ1v) is 6.62. The third-order valence-corrected chi connectivity index (χ3v) is 3.71. The molecule has 1 aliphatic rings. The highest BCUT2D eigenvalue weighted by Crippen LogP contribution is 2.27. The number of pyridine rings is 1. The van der Waals surface area contributed by atoms with Gasteiger partial charge < -0.3 is 15.0 Å². The lowest BCUT2D eigenvalue weighted by Crippen LogP contribution is -2.44. The van der Waals surface area contributed by atoms with E-state index >= 15 is 0 Å². The van der Waals surface area contributed by atoms with Crippen LogP contribution < -0.4 is 10.1 Å². The molecule has 19 heavy (non-hydrogen) atoms. The number of piperazine rings is 1. The Morgan fingerprint density at radius 3 is 3.05 bits per heavy atom. The molecule has 0 saturated carbocycles. The van der Waals surface area contributed by atoms with Gasteiger partial charge in [0.2, 0.25) is 0 Å². The normalized spacial score (nSPS) is 20.6. The van der Waals surface area contributed by atoms with Crippen LogP contribution in [0.25, 0.3) is 10.8 Å². The van der Waals surface area contributed by atoms with Gasteiger partial charge in [-0.2, -0.15) is 0 Å². The van der Waals surface area contributed by atoms with Gasteiger partial charge in [0.25, 0.3) is 0 Å². The van der Waals surface area contributed by atoms with Crippen LogP contribution in [-0.2, 0) is 0 Å². The van der Waals surface area contributed by atoms with E-state index in [1.807, 2.05) is 18.3 Å². The Balaban J connectivity index is 2.06. The smallest absolute Gasteiger partial charge is 0.119 e. The van der Waals surface area contributed by atoms with Crippen LogP contribution in [-0.4, -0.2) is 43.7 Å². The molecule has 1 aromatic carbocycles. The molecule has 1 aromatic heterocycles. The zero-order valence-corrected chi connectivity index (χ0v) is 11.4. The minimum Gasteiger partial charge on any atom is -0.497 e. The largest absolute Gasteiger partial charge is 0.497 e. The molecule has 3 rings (SSSR count). The Labute approximate surface area is 113 Å². The van der Waals surface area contributed by atoms with E-state index in [-0.39, 0.29) is 6.04 Å². The van der Waals surface area contributed by atoms with E-state index < -0.39 is 0 Å². The van der Waals surface area contributed by atoms with Crippen molar-refractivity contribution in [2.24, 2.45) is 0 Å². The van der Waals surface area contributed by atoms with Crippen molar-refractivity contribution in [2.75, 3.05) is 33.8 Å². The van der Waals surface area contributed by atoms with Gasteiger partial charge in [-0.3, -0.25) is 4.98 Å². The number of hydrogen-bond donors (Lipinski definition) is 1. The second-order valence-electron chi connectivity index (χ2n) is 5.05. The molecule has 1 saturated heterocycles. The van der Waals surface area contributed by atoms with Crippen LogP contribution in [0.15, 0.2) is 30.5 Å². The standard InChI is InChI=1S/C15H19N3O/c1-18-8-7-16-14(10-18)15-13-9-12(19-2)4-3-11(13)5-6-17-15/h3-6,9,14,16H,7-8,10H2,1-2H3. The maximum atomic E-state index is 5.33. The number of ether oxygens (including phenoxy) is 1. The second-order valence-corrected chi connectivity index (χ2v) is 5.05. The molecule has 2 heterocycles. The summed E-state index contributed by atoms with van der Waals surface area (Å²) in [6.45, 7) is 3.08. The summed E-state index contributed by atoms with van der Waals surface area (Å²) in [5, 5.41) is 5.94. The van der Waals surface area contributed by atoms with Crippen LogP contribution in [0.5, 0.6) is 5.75 Å².